The van der Waals surface area contributed by atoms with Crippen LogP contribution in [0.25, 0.3) is 11.6 Å². The van der Waals surface area contributed by atoms with Crippen LogP contribution in [0.3, 0.4) is 0 Å². The monoisotopic (exact) mass is 571 g/mol. The first-order chi connectivity index (χ1) is 20.2. The van der Waals surface area contributed by atoms with Crippen molar-refractivity contribution in [1.82, 2.24) is 9.13 Å². The van der Waals surface area contributed by atoms with Gasteiger partial charge in [0.1, 0.15) is 24.8 Å². The lowest BCUT2D eigenvalue weighted by Crippen LogP contribution is -2.41. The second kappa shape index (κ2) is 23.9. The van der Waals surface area contributed by atoms with Gasteiger partial charge in [0.25, 0.3) is 0 Å². The zero-order valence-corrected chi connectivity index (χ0v) is 28.2. The molecule has 0 aliphatic rings. The van der Waals surface area contributed by atoms with Crippen LogP contribution in [0, 0.1) is 0 Å². The zero-order valence-electron chi connectivity index (χ0n) is 28.2. The standard InChI is InChI=1S/C37H70N4/c1-5-8-10-12-14-16-18-20-22-24-26-28-30-40-33-32-38(4)36(40)37-39(7-3)34-35-41(37)31-29-27-25-23-21-19-17-15-13-11-9-6-2/h32-35H,5-31H2,1-4H3/q+2. The molecule has 0 aliphatic heterocycles. The molecule has 0 fully saturated rings. The van der Waals surface area contributed by atoms with E-state index in [1.54, 1.807) is 0 Å². The first kappa shape index (κ1) is 35.6. The minimum atomic E-state index is 1.02. The summed E-state index contributed by atoms with van der Waals surface area (Å²) < 4.78 is 9.81. The Kier molecular flexibility index (Phi) is 20.8. The largest absolute Gasteiger partial charge is 0.373 e. The van der Waals surface area contributed by atoms with E-state index in [0.29, 0.717) is 0 Å². The highest BCUT2D eigenvalue weighted by Crippen LogP contribution is 2.17. The maximum Gasteiger partial charge on any atom is 0.373 e. The molecule has 0 bridgehead atoms. The van der Waals surface area contributed by atoms with Gasteiger partial charge in [-0.3, -0.25) is 0 Å². The molecule has 0 radical (unpaired) electrons. The number of aromatic nitrogens is 4. The summed E-state index contributed by atoms with van der Waals surface area (Å²) in [6, 6.07) is 0. The molecule has 0 atom stereocenters. The number of nitrogens with zero attached hydrogens (tertiary/aromatic N) is 4. The summed E-state index contributed by atoms with van der Waals surface area (Å²) >= 11 is 0. The van der Waals surface area contributed by atoms with Gasteiger partial charge >= 0.3 is 11.6 Å². The van der Waals surface area contributed by atoms with Gasteiger partial charge in [0.2, 0.25) is 0 Å². The molecule has 0 N–H and O–H groups in total. The number of hydrogen-bond acceptors (Lipinski definition) is 0. The second-order valence-electron chi connectivity index (χ2n) is 12.8. The van der Waals surface area contributed by atoms with E-state index < -0.39 is 0 Å². The SMILES string of the molecule is CCCCCCCCCCCCCCn1cc[n+](C)c1-c1n(CC)cc[n+]1CCCCCCCCCCCCCC. The van der Waals surface area contributed by atoms with Crippen molar-refractivity contribution in [1.29, 1.82) is 0 Å². The average molecular weight is 571 g/mol. The van der Waals surface area contributed by atoms with E-state index in [2.05, 4.69) is 70.9 Å². The van der Waals surface area contributed by atoms with Crippen molar-refractivity contribution in [2.75, 3.05) is 0 Å². The van der Waals surface area contributed by atoms with Gasteiger partial charge in [0.05, 0.1) is 26.7 Å². The summed E-state index contributed by atoms with van der Waals surface area (Å²) in [5.74, 6) is 2.74. The topological polar surface area (TPSA) is 17.6 Å². The van der Waals surface area contributed by atoms with Gasteiger partial charge < -0.3 is 0 Å². The molecule has 2 aromatic heterocycles. The molecule has 2 rings (SSSR count). The van der Waals surface area contributed by atoms with Crippen molar-refractivity contribution in [3.05, 3.63) is 24.8 Å². The Morgan fingerprint density at radius 1 is 0.463 bits per heavy atom. The maximum atomic E-state index is 2.52. The van der Waals surface area contributed by atoms with Crippen molar-refractivity contribution in [3.8, 4) is 11.6 Å². The fourth-order valence-electron chi connectivity index (χ4n) is 6.40. The van der Waals surface area contributed by atoms with Crippen LogP contribution in [0.5, 0.6) is 0 Å². The summed E-state index contributed by atoms with van der Waals surface area (Å²) in [5, 5.41) is 0. The second-order valence-corrected chi connectivity index (χ2v) is 12.8. The third kappa shape index (κ3) is 14.9. The Morgan fingerprint density at radius 3 is 1.34 bits per heavy atom. The predicted molar refractivity (Wildman–Crippen MR) is 177 cm³/mol. The number of aryl methyl sites for hydroxylation is 4. The molecule has 0 aliphatic carbocycles. The minimum absolute atomic E-state index is 1.02. The Balaban J connectivity index is 1.68. The van der Waals surface area contributed by atoms with Crippen molar-refractivity contribution in [2.45, 2.75) is 195 Å². The molecular weight excluding hydrogens is 500 g/mol. The molecule has 4 nitrogen and oxygen atoms in total. The quantitative estimate of drug-likeness (QED) is 0.0715. The molecule has 0 saturated carbocycles. The first-order valence-electron chi connectivity index (χ1n) is 18.4. The Morgan fingerprint density at radius 2 is 0.878 bits per heavy atom. The molecule has 2 aromatic rings. The van der Waals surface area contributed by atoms with E-state index >= 15 is 0 Å². The maximum absolute atomic E-state index is 2.52. The van der Waals surface area contributed by atoms with Gasteiger partial charge in [-0.1, -0.05) is 142 Å². The smallest absolute Gasteiger partial charge is 0.226 e. The molecule has 0 aromatic carbocycles. The van der Waals surface area contributed by atoms with E-state index in [1.807, 2.05) is 0 Å². The van der Waals surface area contributed by atoms with Crippen LogP contribution in [0.1, 0.15) is 175 Å². The summed E-state index contributed by atoms with van der Waals surface area (Å²) in [4.78, 5) is 0. The Labute approximate surface area is 255 Å². The number of imidazole rings is 2. The van der Waals surface area contributed by atoms with Crippen LogP contribution in [-0.2, 0) is 26.7 Å². The van der Waals surface area contributed by atoms with Gasteiger partial charge in [-0.15, -0.1) is 0 Å². The van der Waals surface area contributed by atoms with Crippen LogP contribution in [0.2, 0.25) is 0 Å². The summed E-state index contributed by atoms with van der Waals surface area (Å²) in [7, 11) is 2.22. The third-order valence-corrected chi connectivity index (χ3v) is 9.09. The minimum Gasteiger partial charge on any atom is -0.226 e. The molecule has 236 valence electrons. The summed E-state index contributed by atoms with van der Waals surface area (Å²) in [5.41, 5.74) is 0. The predicted octanol–water partition coefficient (Wildman–Crippen LogP) is 10.5. The van der Waals surface area contributed by atoms with Gasteiger partial charge in [-0.05, 0) is 32.6 Å². The van der Waals surface area contributed by atoms with Crippen molar-refractivity contribution >= 4 is 0 Å². The summed E-state index contributed by atoms with van der Waals surface area (Å²) in [6.07, 6.45) is 42.9. The van der Waals surface area contributed by atoms with E-state index in [9.17, 15) is 0 Å². The summed E-state index contributed by atoms with van der Waals surface area (Å²) in [6.45, 7) is 10.2. The highest BCUT2D eigenvalue weighted by molar-refractivity contribution is 5.36. The van der Waals surface area contributed by atoms with Gasteiger partial charge in [-0.2, -0.15) is 0 Å². The molecule has 0 spiro atoms. The van der Waals surface area contributed by atoms with Crippen LogP contribution >= 0.6 is 0 Å². The van der Waals surface area contributed by atoms with E-state index in [0.717, 1.165) is 19.6 Å². The van der Waals surface area contributed by atoms with Crippen molar-refractivity contribution in [3.63, 3.8) is 0 Å². The lowest BCUT2D eigenvalue weighted by Gasteiger charge is -2.06. The normalized spacial score (nSPS) is 11.6. The van der Waals surface area contributed by atoms with Gasteiger partial charge in [0.15, 0.2) is 0 Å². The lowest BCUT2D eigenvalue weighted by molar-refractivity contribution is -0.705. The van der Waals surface area contributed by atoms with E-state index in [-0.39, 0.29) is 0 Å². The molecule has 0 saturated heterocycles. The van der Waals surface area contributed by atoms with Gasteiger partial charge in [0, 0.05) is 0 Å². The molecule has 2 heterocycles. The lowest BCUT2D eigenvalue weighted by atomic mass is 10.1. The molecular formula is C37H70N4+2. The molecule has 41 heavy (non-hydrogen) atoms. The van der Waals surface area contributed by atoms with E-state index in [4.69, 9.17) is 0 Å². The van der Waals surface area contributed by atoms with Crippen molar-refractivity contribution < 1.29 is 9.13 Å². The molecule has 0 amide bonds. The number of rotatable bonds is 28. The first-order valence-corrected chi connectivity index (χ1v) is 18.4. The average Bonchev–Trinajstić information content (AvgIpc) is 3.55. The molecule has 0 unspecified atom stereocenters. The fraction of sp³-hybridized carbons (Fsp3) is 0.838. The van der Waals surface area contributed by atoms with Crippen LogP contribution in [-0.4, -0.2) is 9.13 Å². The Bertz CT molecular complexity index is 864. The van der Waals surface area contributed by atoms with E-state index in [1.165, 1.54) is 166 Å². The van der Waals surface area contributed by atoms with Crippen LogP contribution in [0.4, 0.5) is 0 Å². The number of unbranched alkanes of at least 4 members (excludes halogenated alkanes) is 22. The van der Waals surface area contributed by atoms with Gasteiger partial charge in [-0.25, -0.2) is 18.3 Å². The Hall–Kier alpha value is -1.58. The fourth-order valence-corrected chi connectivity index (χ4v) is 6.40. The van der Waals surface area contributed by atoms with Crippen molar-refractivity contribution in [2.24, 2.45) is 7.05 Å². The van der Waals surface area contributed by atoms with Crippen LogP contribution < -0.4 is 9.13 Å². The zero-order chi connectivity index (χ0) is 29.4. The molecule has 4 heteroatoms. The third-order valence-electron chi connectivity index (χ3n) is 9.09. The highest BCUT2D eigenvalue weighted by Gasteiger charge is 2.30. The van der Waals surface area contributed by atoms with Crippen LogP contribution in [0.15, 0.2) is 24.8 Å². The number of hydrogen-bond donors (Lipinski definition) is 0. The highest BCUT2D eigenvalue weighted by atomic mass is 15.2.